The van der Waals surface area contributed by atoms with E-state index in [0.717, 1.165) is 16.9 Å². The monoisotopic (exact) mass is 471 g/mol. The molecule has 2 atom stereocenters. The molecule has 11 nitrogen and oxygen atoms in total. The minimum atomic E-state index is -0.674. The first-order valence-electron chi connectivity index (χ1n) is 11.4. The number of nitrogens with one attached hydrogen (secondary N) is 1. The van der Waals surface area contributed by atoms with Crippen LogP contribution < -0.4 is 10.2 Å². The largest absolute Gasteiger partial charge is 0.322 e. The number of fused-ring (bicyclic) bond motifs is 2. The zero-order valence-corrected chi connectivity index (χ0v) is 18.8. The van der Waals surface area contributed by atoms with Crippen molar-refractivity contribution >= 4 is 29.3 Å². The van der Waals surface area contributed by atoms with Gasteiger partial charge in [0, 0.05) is 37.2 Å². The highest BCUT2D eigenvalue weighted by molar-refractivity contribution is 6.06. The van der Waals surface area contributed by atoms with Crippen LogP contribution >= 0.6 is 0 Å². The van der Waals surface area contributed by atoms with Gasteiger partial charge in [0.2, 0.25) is 11.8 Å². The van der Waals surface area contributed by atoms with Gasteiger partial charge in [-0.2, -0.15) is 0 Å². The quantitative estimate of drug-likeness (QED) is 0.568. The molecule has 2 aromatic heterocycles. The van der Waals surface area contributed by atoms with Gasteiger partial charge in [0.25, 0.3) is 11.8 Å². The van der Waals surface area contributed by atoms with E-state index >= 15 is 0 Å². The molecule has 1 N–H and O–H groups in total. The standard InChI is InChI=1S/C24H21N7O4/c1-13-10-29(18-3-2-8-25-21(13)18)24(35)17-12-31(28-27-17)15-5-4-14-11-30(23(34)16(14)9-15)19-6-7-20(32)26-22(19)33/h2-5,8-9,12-13,19H,6-7,10-11H2,1H3,(H,26,32,33). The van der Waals surface area contributed by atoms with Gasteiger partial charge in [0.05, 0.1) is 23.3 Å². The Morgan fingerprint density at radius 1 is 1.17 bits per heavy atom. The van der Waals surface area contributed by atoms with Gasteiger partial charge >= 0.3 is 0 Å². The second-order valence-electron chi connectivity index (χ2n) is 9.01. The summed E-state index contributed by atoms with van der Waals surface area (Å²) in [5, 5.41) is 10.5. The number of carbonyl (C=O) groups excluding carboxylic acids is 4. The average Bonchev–Trinajstić information content (AvgIpc) is 3.56. The fourth-order valence-corrected chi connectivity index (χ4v) is 4.98. The van der Waals surface area contributed by atoms with Crippen molar-refractivity contribution in [3.8, 4) is 5.69 Å². The van der Waals surface area contributed by atoms with Crippen LogP contribution in [0.5, 0.6) is 0 Å². The summed E-state index contributed by atoms with van der Waals surface area (Å²) in [6, 6.07) is 8.28. The maximum absolute atomic E-state index is 13.2. The molecule has 4 amide bonds. The lowest BCUT2D eigenvalue weighted by Gasteiger charge is -2.29. The van der Waals surface area contributed by atoms with Crippen molar-refractivity contribution in [3.05, 3.63) is 65.2 Å². The number of carbonyl (C=O) groups is 4. The lowest BCUT2D eigenvalue weighted by molar-refractivity contribution is -0.136. The fraction of sp³-hybridized carbons (Fsp3) is 0.292. The van der Waals surface area contributed by atoms with Gasteiger partial charge in [-0.3, -0.25) is 29.5 Å². The topological polar surface area (TPSA) is 130 Å². The molecule has 11 heteroatoms. The predicted molar refractivity (Wildman–Crippen MR) is 122 cm³/mol. The Kier molecular flexibility index (Phi) is 4.73. The summed E-state index contributed by atoms with van der Waals surface area (Å²) < 4.78 is 1.46. The smallest absolute Gasteiger partial charge is 0.280 e. The molecule has 3 aliphatic rings. The zero-order chi connectivity index (χ0) is 24.3. The Bertz CT molecular complexity index is 1410. The molecule has 0 bridgehead atoms. The minimum absolute atomic E-state index is 0.125. The first kappa shape index (κ1) is 21.1. The first-order chi connectivity index (χ1) is 16.9. The van der Waals surface area contributed by atoms with E-state index in [-0.39, 0.29) is 35.8 Å². The molecule has 0 aliphatic carbocycles. The molecule has 3 aliphatic heterocycles. The molecule has 5 heterocycles. The van der Waals surface area contributed by atoms with Crippen molar-refractivity contribution in [2.75, 3.05) is 11.4 Å². The van der Waals surface area contributed by atoms with Gasteiger partial charge in [-0.15, -0.1) is 5.10 Å². The Balaban J connectivity index is 1.24. The van der Waals surface area contributed by atoms with E-state index in [1.165, 1.54) is 9.58 Å². The molecular formula is C24H21N7O4. The number of rotatable bonds is 3. The van der Waals surface area contributed by atoms with Gasteiger partial charge in [0.1, 0.15) is 6.04 Å². The SMILES string of the molecule is CC1CN(C(=O)c2cn(-c3ccc4c(c3)C(=O)N(C3CCC(=O)NC3=O)C4)nn2)c2cccnc21. The molecule has 1 aromatic carbocycles. The van der Waals surface area contributed by atoms with Gasteiger partial charge in [-0.1, -0.05) is 18.2 Å². The van der Waals surface area contributed by atoms with Crippen LogP contribution in [0, 0.1) is 0 Å². The maximum atomic E-state index is 13.2. The van der Waals surface area contributed by atoms with Crippen LogP contribution in [-0.4, -0.2) is 61.1 Å². The van der Waals surface area contributed by atoms with Crippen LogP contribution in [-0.2, 0) is 16.1 Å². The summed E-state index contributed by atoms with van der Waals surface area (Å²) in [6.45, 7) is 2.83. The summed E-state index contributed by atoms with van der Waals surface area (Å²) in [7, 11) is 0. The van der Waals surface area contributed by atoms with Gasteiger partial charge in [0.15, 0.2) is 5.69 Å². The highest BCUT2D eigenvalue weighted by Crippen LogP contribution is 2.35. The van der Waals surface area contributed by atoms with Crippen LogP contribution in [0.4, 0.5) is 5.69 Å². The van der Waals surface area contributed by atoms with Crippen molar-refractivity contribution < 1.29 is 19.2 Å². The minimum Gasteiger partial charge on any atom is -0.322 e. The number of hydrogen-bond acceptors (Lipinski definition) is 7. The van der Waals surface area contributed by atoms with E-state index in [1.54, 1.807) is 35.5 Å². The molecule has 0 spiro atoms. The van der Waals surface area contributed by atoms with Crippen LogP contribution in [0.25, 0.3) is 5.69 Å². The normalized spacial score (nSPS) is 21.2. The number of anilines is 1. The molecule has 0 radical (unpaired) electrons. The average molecular weight is 471 g/mol. The molecule has 6 rings (SSSR count). The summed E-state index contributed by atoms with van der Waals surface area (Å²) >= 11 is 0. The van der Waals surface area contributed by atoms with E-state index < -0.39 is 11.9 Å². The first-order valence-corrected chi connectivity index (χ1v) is 11.4. The second kappa shape index (κ2) is 7.83. The molecule has 1 fully saturated rings. The number of pyridine rings is 1. The Labute approximate surface area is 199 Å². The third-order valence-electron chi connectivity index (χ3n) is 6.76. The summed E-state index contributed by atoms with van der Waals surface area (Å²) in [5.74, 6) is -1.19. The number of imide groups is 1. The van der Waals surface area contributed by atoms with Crippen molar-refractivity contribution in [2.24, 2.45) is 0 Å². The Morgan fingerprint density at radius 3 is 2.86 bits per heavy atom. The van der Waals surface area contributed by atoms with Crippen molar-refractivity contribution in [2.45, 2.75) is 38.3 Å². The molecule has 35 heavy (non-hydrogen) atoms. The maximum Gasteiger partial charge on any atom is 0.280 e. The number of hydrogen-bond donors (Lipinski definition) is 1. The number of piperidine rings is 1. The highest BCUT2D eigenvalue weighted by Gasteiger charge is 2.39. The third kappa shape index (κ3) is 3.38. The van der Waals surface area contributed by atoms with Crippen LogP contribution in [0.3, 0.4) is 0 Å². The number of nitrogens with zero attached hydrogens (tertiary/aromatic N) is 6. The van der Waals surface area contributed by atoms with Gasteiger partial charge in [-0.25, -0.2) is 4.68 Å². The van der Waals surface area contributed by atoms with E-state index in [4.69, 9.17) is 0 Å². The van der Waals surface area contributed by atoms with Gasteiger partial charge < -0.3 is 9.80 Å². The summed E-state index contributed by atoms with van der Waals surface area (Å²) in [4.78, 5) is 57.5. The predicted octanol–water partition coefficient (Wildman–Crippen LogP) is 1.19. The second-order valence-corrected chi connectivity index (χ2v) is 9.01. The van der Waals surface area contributed by atoms with Crippen molar-refractivity contribution in [3.63, 3.8) is 0 Å². The highest BCUT2D eigenvalue weighted by atomic mass is 16.2. The zero-order valence-electron chi connectivity index (χ0n) is 18.8. The van der Waals surface area contributed by atoms with E-state index in [9.17, 15) is 19.2 Å². The Morgan fingerprint density at radius 2 is 2.03 bits per heavy atom. The van der Waals surface area contributed by atoms with Crippen molar-refractivity contribution in [1.29, 1.82) is 0 Å². The van der Waals surface area contributed by atoms with Gasteiger partial charge in [-0.05, 0) is 36.2 Å². The van der Waals surface area contributed by atoms with Crippen LogP contribution in [0.1, 0.15) is 57.8 Å². The number of amides is 4. The lowest BCUT2D eigenvalue weighted by atomic mass is 10.0. The van der Waals surface area contributed by atoms with E-state index in [1.807, 2.05) is 19.1 Å². The van der Waals surface area contributed by atoms with Crippen molar-refractivity contribution in [1.82, 2.24) is 30.2 Å². The molecule has 176 valence electrons. The molecule has 1 saturated heterocycles. The number of aromatic nitrogens is 4. The molecule has 2 unspecified atom stereocenters. The fourth-order valence-electron chi connectivity index (χ4n) is 4.98. The molecule has 0 saturated carbocycles. The Hall–Kier alpha value is -4.41. The molecular weight excluding hydrogens is 450 g/mol. The van der Waals surface area contributed by atoms with E-state index in [2.05, 4.69) is 20.6 Å². The van der Waals surface area contributed by atoms with E-state index in [0.29, 0.717) is 30.8 Å². The van der Waals surface area contributed by atoms with Crippen LogP contribution in [0.2, 0.25) is 0 Å². The van der Waals surface area contributed by atoms with Crippen LogP contribution in [0.15, 0.2) is 42.7 Å². The lowest BCUT2D eigenvalue weighted by Crippen LogP contribution is -2.52. The summed E-state index contributed by atoms with van der Waals surface area (Å²) in [5.41, 5.74) is 3.66. The third-order valence-corrected chi connectivity index (χ3v) is 6.76. The summed E-state index contributed by atoms with van der Waals surface area (Å²) in [6.07, 6.45) is 3.77. The number of benzene rings is 1. The molecule has 3 aromatic rings.